The van der Waals surface area contributed by atoms with Crippen LogP contribution in [0.25, 0.3) is 0 Å². The number of rotatable bonds is 7. The summed E-state index contributed by atoms with van der Waals surface area (Å²) >= 11 is 1.06. The number of aliphatic hydroxyl groups excluding tert-OH is 1. The molecule has 1 atom stereocenters. The van der Waals surface area contributed by atoms with Crippen molar-refractivity contribution >= 4 is 28.1 Å². The molecular formula is C19H18F2N4O3S. The molecule has 5 N–H and O–H groups in total. The molecule has 0 aliphatic heterocycles. The molecule has 0 saturated carbocycles. The first-order valence-electron chi connectivity index (χ1n) is 8.53. The minimum absolute atomic E-state index is 0.0169. The van der Waals surface area contributed by atoms with Gasteiger partial charge in [0.05, 0.1) is 12.6 Å². The number of aliphatic imine (C=N–C) groups is 1. The minimum Gasteiger partial charge on any atom is -0.454 e. The van der Waals surface area contributed by atoms with Crippen LogP contribution in [0.1, 0.15) is 12.5 Å². The molecule has 0 radical (unpaired) electrons. The lowest BCUT2D eigenvalue weighted by Crippen LogP contribution is -2.24. The number of ether oxygens (including phenoxy) is 1. The first kappa shape index (κ1) is 20.5. The largest absolute Gasteiger partial charge is 0.454 e. The number of benzene rings is 2. The van der Waals surface area contributed by atoms with Crippen molar-refractivity contribution in [2.45, 2.75) is 13.0 Å². The molecule has 152 valence electrons. The number of halogens is 2. The van der Waals surface area contributed by atoms with Crippen molar-refractivity contribution < 1.29 is 18.6 Å². The van der Waals surface area contributed by atoms with E-state index in [1.54, 1.807) is 31.2 Å². The second-order valence-corrected chi connectivity index (χ2v) is 6.93. The van der Waals surface area contributed by atoms with Crippen molar-refractivity contribution in [3.63, 3.8) is 0 Å². The van der Waals surface area contributed by atoms with Crippen molar-refractivity contribution in [2.24, 2.45) is 10.7 Å². The van der Waals surface area contributed by atoms with Crippen LogP contribution in [0.4, 0.5) is 19.5 Å². The molecule has 1 heterocycles. The number of aromatic nitrogens is 1. The SMILES string of the molecule is CC(CO)N=C(N)c1c(Nc2ccc(Oc3ccc(F)cc3F)cc2)s[nH]c1=O. The van der Waals surface area contributed by atoms with Crippen LogP contribution in [0.15, 0.2) is 52.3 Å². The average molecular weight is 420 g/mol. The highest BCUT2D eigenvalue weighted by atomic mass is 32.1. The Balaban J connectivity index is 1.77. The van der Waals surface area contributed by atoms with E-state index in [2.05, 4.69) is 14.7 Å². The van der Waals surface area contributed by atoms with Gasteiger partial charge < -0.3 is 20.9 Å². The topological polar surface area (TPSA) is 113 Å². The number of nitrogens with two attached hydrogens (primary N) is 1. The molecule has 0 saturated heterocycles. The lowest BCUT2D eigenvalue weighted by atomic mass is 10.2. The van der Waals surface area contributed by atoms with E-state index in [9.17, 15) is 13.6 Å². The number of aromatic amines is 1. The monoisotopic (exact) mass is 420 g/mol. The van der Waals surface area contributed by atoms with Gasteiger partial charge in [-0.05, 0) is 54.9 Å². The van der Waals surface area contributed by atoms with Gasteiger partial charge in [-0.2, -0.15) is 0 Å². The van der Waals surface area contributed by atoms with Crippen LogP contribution < -0.4 is 21.3 Å². The van der Waals surface area contributed by atoms with Crippen LogP contribution in [0, 0.1) is 11.6 Å². The number of hydrogen-bond acceptors (Lipinski definition) is 6. The summed E-state index contributed by atoms with van der Waals surface area (Å²) < 4.78 is 34.7. The molecule has 0 amide bonds. The Morgan fingerprint density at radius 2 is 2.03 bits per heavy atom. The van der Waals surface area contributed by atoms with Gasteiger partial charge >= 0.3 is 0 Å². The van der Waals surface area contributed by atoms with Gasteiger partial charge in [-0.25, -0.2) is 8.78 Å². The van der Waals surface area contributed by atoms with Gasteiger partial charge in [0.2, 0.25) is 0 Å². The Morgan fingerprint density at radius 3 is 2.69 bits per heavy atom. The fourth-order valence-electron chi connectivity index (χ4n) is 2.39. The molecule has 0 spiro atoms. The predicted molar refractivity (Wildman–Crippen MR) is 108 cm³/mol. The zero-order valence-electron chi connectivity index (χ0n) is 15.3. The fraction of sp³-hybridized carbons (Fsp3) is 0.158. The van der Waals surface area contributed by atoms with E-state index in [-0.39, 0.29) is 23.8 Å². The summed E-state index contributed by atoms with van der Waals surface area (Å²) in [5, 5.41) is 12.6. The van der Waals surface area contributed by atoms with E-state index < -0.39 is 23.2 Å². The first-order valence-corrected chi connectivity index (χ1v) is 9.35. The third-order valence-electron chi connectivity index (χ3n) is 3.81. The van der Waals surface area contributed by atoms with Crippen LogP contribution in [0.5, 0.6) is 11.5 Å². The molecular weight excluding hydrogens is 402 g/mol. The Morgan fingerprint density at radius 1 is 1.31 bits per heavy atom. The number of anilines is 2. The first-order chi connectivity index (χ1) is 13.9. The minimum atomic E-state index is -0.805. The van der Waals surface area contributed by atoms with E-state index in [1.165, 1.54) is 6.07 Å². The second kappa shape index (κ2) is 8.84. The smallest absolute Gasteiger partial charge is 0.271 e. The maximum atomic E-state index is 13.7. The van der Waals surface area contributed by atoms with E-state index in [1.807, 2.05) is 0 Å². The Hall–Kier alpha value is -3.24. The molecule has 1 aromatic heterocycles. The number of nitrogens with zero attached hydrogens (tertiary/aromatic N) is 1. The molecule has 7 nitrogen and oxygen atoms in total. The summed E-state index contributed by atoms with van der Waals surface area (Å²) in [6, 6.07) is 9.11. The summed E-state index contributed by atoms with van der Waals surface area (Å²) in [7, 11) is 0. The number of H-pyrrole nitrogens is 1. The summed E-state index contributed by atoms with van der Waals surface area (Å²) in [6.07, 6.45) is 0. The second-order valence-electron chi connectivity index (χ2n) is 6.11. The van der Waals surface area contributed by atoms with Gasteiger partial charge in [0.1, 0.15) is 28.0 Å². The molecule has 0 fully saturated rings. The summed E-state index contributed by atoms with van der Waals surface area (Å²) in [4.78, 5) is 16.1. The van der Waals surface area contributed by atoms with Crippen LogP contribution in [0.3, 0.4) is 0 Å². The molecule has 0 aliphatic carbocycles. The van der Waals surface area contributed by atoms with Crippen molar-refractivity contribution in [3.8, 4) is 11.5 Å². The van der Waals surface area contributed by atoms with E-state index >= 15 is 0 Å². The maximum absolute atomic E-state index is 13.7. The van der Waals surface area contributed by atoms with Gasteiger partial charge in [0.15, 0.2) is 11.6 Å². The summed E-state index contributed by atoms with van der Waals surface area (Å²) in [5.74, 6) is -1.22. The van der Waals surface area contributed by atoms with Gasteiger partial charge in [0.25, 0.3) is 5.56 Å². The predicted octanol–water partition coefficient (Wildman–Crippen LogP) is 3.34. The number of hydrogen-bond donors (Lipinski definition) is 4. The molecule has 2 aromatic carbocycles. The molecule has 1 unspecified atom stereocenters. The Kier molecular flexibility index (Phi) is 6.25. The van der Waals surface area contributed by atoms with E-state index in [4.69, 9.17) is 15.6 Å². The highest BCUT2D eigenvalue weighted by Gasteiger charge is 2.16. The van der Waals surface area contributed by atoms with Crippen LogP contribution in [0.2, 0.25) is 0 Å². The van der Waals surface area contributed by atoms with Crippen molar-refractivity contribution in [1.29, 1.82) is 0 Å². The molecule has 29 heavy (non-hydrogen) atoms. The zero-order chi connectivity index (χ0) is 21.0. The molecule has 3 aromatic rings. The molecule has 0 aliphatic rings. The van der Waals surface area contributed by atoms with Gasteiger partial charge in [-0.3, -0.25) is 14.2 Å². The quantitative estimate of drug-likeness (QED) is 0.346. The standard InChI is InChI=1S/C19H18F2N4O3S/c1-10(9-26)23-17(22)16-18(27)25-29-19(16)24-12-3-5-13(6-4-12)28-15-7-2-11(20)8-14(15)21/h2-8,10,24,26H,9H2,1H3,(H2,22,23)(H,25,27). The number of nitrogens with one attached hydrogen (secondary N) is 2. The average Bonchev–Trinajstić information content (AvgIpc) is 3.05. The Labute approximate surface area is 168 Å². The highest BCUT2D eigenvalue weighted by molar-refractivity contribution is 7.10. The van der Waals surface area contributed by atoms with Gasteiger partial charge in [-0.1, -0.05) is 0 Å². The van der Waals surface area contributed by atoms with E-state index in [0.29, 0.717) is 16.4 Å². The van der Waals surface area contributed by atoms with Crippen molar-refractivity contribution in [3.05, 3.63) is 70.0 Å². The van der Waals surface area contributed by atoms with Crippen LogP contribution >= 0.6 is 11.5 Å². The Bertz CT molecular complexity index is 1080. The third-order valence-corrected chi connectivity index (χ3v) is 4.61. The zero-order valence-corrected chi connectivity index (χ0v) is 16.1. The normalized spacial score (nSPS) is 12.6. The molecule has 0 bridgehead atoms. The lowest BCUT2D eigenvalue weighted by Gasteiger charge is -2.10. The van der Waals surface area contributed by atoms with Gasteiger partial charge in [-0.15, -0.1) is 0 Å². The third kappa shape index (κ3) is 4.98. The maximum Gasteiger partial charge on any atom is 0.271 e. The van der Waals surface area contributed by atoms with E-state index in [0.717, 1.165) is 23.7 Å². The number of aliphatic hydroxyl groups is 1. The molecule has 10 heteroatoms. The van der Waals surface area contributed by atoms with Gasteiger partial charge in [0, 0.05) is 11.8 Å². The summed E-state index contributed by atoms with van der Waals surface area (Å²) in [5.41, 5.74) is 6.32. The van der Waals surface area contributed by atoms with Crippen molar-refractivity contribution in [1.82, 2.24) is 4.37 Å². The molecule has 3 rings (SSSR count). The fourth-order valence-corrected chi connectivity index (χ4v) is 3.15. The number of amidine groups is 1. The highest BCUT2D eigenvalue weighted by Crippen LogP contribution is 2.28. The summed E-state index contributed by atoms with van der Waals surface area (Å²) in [6.45, 7) is 1.48. The van der Waals surface area contributed by atoms with Crippen molar-refractivity contribution in [2.75, 3.05) is 11.9 Å². The van der Waals surface area contributed by atoms with Crippen LogP contribution in [-0.2, 0) is 0 Å². The van der Waals surface area contributed by atoms with Crippen LogP contribution in [-0.4, -0.2) is 28.0 Å². The lowest BCUT2D eigenvalue weighted by molar-refractivity contribution is 0.274.